The van der Waals surface area contributed by atoms with Crippen LogP contribution in [-0.4, -0.2) is 28.8 Å². The fourth-order valence-electron chi connectivity index (χ4n) is 2.92. The minimum Gasteiger partial charge on any atom is -0.350 e. The number of hydrogen-bond acceptors (Lipinski definition) is 3. The fourth-order valence-corrected chi connectivity index (χ4v) is 2.92. The maximum Gasteiger partial charge on any atom is 0.269 e. The van der Waals surface area contributed by atoms with Gasteiger partial charge in [-0.2, -0.15) is 5.10 Å². The number of carbonyl (C=O) groups excluding carboxylic acids is 1. The molecule has 106 valence electrons. The van der Waals surface area contributed by atoms with E-state index in [1.54, 1.807) is 4.68 Å². The molecule has 1 aromatic rings. The van der Waals surface area contributed by atoms with E-state index in [2.05, 4.69) is 10.4 Å². The lowest BCUT2D eigenvalue weighted by atomic mass is 9.96. The zero-order valence-corrected chi connectivity index (χ0v) is 11.9. The summed E-state index contributed by atoms with van der Waals surface area (Å²) >= 11 is 0. The number of nitrogens with zero attached hydrogens (tertiary/aromatic N) is 2. The first-order valence-electron chi connectivity index (χ1n) is 7.16. The maximum absolute atomic E-state index is 12.1. The monoisotopic (exact) mass is 264 g/mol. The molecule has 1 amide bonds. The zero-order chi connectivity index (χ0) is 13.8. The first kappa shape index (κ1) is 14.1. The average molecular weight is 264 g/mol. The molecule has 1 aliphatic rings. The van der Waals surface area contributed by atoms with Crippen molar-refractivity contribution in [1.29, 1.82) is 0 Å². The summed E-state index contributed by atoms with van der Waals surface area (Å²) in [7, 11) is 1.81. The van der Waals surface area contributed by atoms with Crippen molar-refractivity contribution in [1.82, 2.24) is 15.1 Å². The van der Waals surface area contributed by atoms with Crippen LogP contribution in [0.4, 0.5) is 0 Å². The van der Waals surface area contributed by atoms with Crippen LogP contribution in [0.2, 0.25) is 0 Å². The van der Waals surface area contributed by atoms with Crippen LogP contribution in [0.15, 0.2) is 6.07 Å². The molecule has 1 saturated carbocycles. The van der Waals surface area contributed by atoms with Crippen molar-refractivity contribution in [2.75, 3.05) is 13.1 Å². The third kappa shape index (κ3) is 3.15. The Morgan fingerprint density at radius 2 is 2.26 bits per heavy atom. The molecule has 3 N–H and O–H groups in total. The van der Waals surface area contributed by atoms with E-state index in [1.165, 1.54) is 19.3 Å². The summed E-state index contributed by atoms with van der Waals surface area (Å²) in [5.41, 5.74) is 7.35. The first-order chi connectivity index (χ1) is 9.15. The quantitative estimate of drug-likeness (QED) is 0.836. The largest absolute Gasteiger partial charge is 0.350 e. The van der Waals surface area contributed by atoms with Crippen molar-refractivity contribution in [3.05, 3.63) is 17.5 Å². The molecule has 2 rings (SSSR count). The average Bonchev–Trinajstić information content (AvgIpc) is 3.01. The van der Waals surface area contributed by atoms with Crippen LogP contribution in [0.3, 0.4) is 0 Å². The Labute approximate surface area is 114 Å². The summed E-state index contributed by atoms with van der Waals surface area (Å²) in [5, 5.41) is 7.33. The van der Waals surface area contributed by atoms with Crippen LogP contribution in [0.25, 0.3) is 0 Å². The zero-order valence-electron chi connectivity index (χ0n) is 11.9. The molecule has 0 saturated heterocycles. The smallest absolute Gasteiger partial charge is 0.269 e. The minimum absolute atomic E-state index is 0.0302. The predicted octanol–water partition coefficient (Wildman–Crippen LogP) is 1.09. The van der Waals surface area contributed by atoms with Gasteiger partial charge < -0.3 is 11.1 Å². The maximum atomic E-state index is 12.1. The Kier molecular flexibility index (Phi) is 4.58. The number of carbonyl (C=O) groups is 1. The third-order valence-electron chi connectivity index (χ3n) is 4.17. The molecule has 2 unspecified atom stereocenters. The second-order valence-electron chi connectivity index (χ2n) is 5.39. The Bertz CT molecular complexity index is 441. The summed E-state index contributed by atoms with van der Waals surface area (Å²) in [6.07, 6.45) is 4.45. The molecule has 1 heterocycles. The van der Waals surface area contributed by atoms with E-state index in [-0.39, 0.29) is 5.91 Å². The molecule has 5 heteroatoms. The van der Waals surface area contributed by atoms with Gasteiger partial charge in [-0.25, -0.2) is 0 Å². The van der Waals surface area contributed by atoms with Crippen LogP contribution < -0.4 is 11.1 Å². The van der Waals surface area contributed by atoms with Gasteiger partial charge in [0.1, 0.15) is 5.69 Å². The molecule has 1 aromatic heterocycles. The van der Waals surface area contributed by atoms with Gasteiger partial charge in [0.15, 0.2) is 0 Å². The summed E-state index contributed by atoms with van der Waals surface area (Å²) in [4.78, 5) is 12.1. The number of amides is 1. The summed E-state index contributed by atoms with van der Waals surface area (Å²) in [5.74, 6) is 1.07. The van der Waals surface area contributed by atoms with Gasteiger partial charge in [-0.15, -0.1) is 0 Å². The van der Waals surface area contributed by atoms with Crippen molar-refractivity contribution < 1.29 is 4.79 Å². The van der Waals surface area contributed by atoms with Crippen LogP contribution in [0.5, 0.6) is 0 Å². The van der Waals surface area contributed by atoms with Crippen molar-refractivity contribution >= 4 is 5.91 Å². The van der Waals surface area contributed by atoms with Crippen LogP contribution in [0, 0.1) is 11.8 Å². The van der Waals surface area contributed by atoms with Gasteiger partial charge in [0.05, 0.1) is 5.69 Å². The number of aromatic nitrogens is 2. The molecular formula is C14H24N4O. The lowest BCUT2D eigenvalue weighted by molar-refractivity contribution is 0.0934. The standard InChI is InChI=1S/C14H24N4O/c1-3-12-7-13(18(2)17-12)14(19)16-9-11-6-4-5-10(11)8-15/h7,10-11H,3-6,8-9,15H2,1-2H3,(H,16,19). The molecule has 0 aliphatic heterocycles. The number of nitrogens with one attached hydrogen (secondary N) is 1. The van der Waals surface area contributed by atoms with E-state index in [1.807, 2.05) is 20.0 Å². The number of aryl methyl sites for hydroxylation is 2. The highest BCUT2D eigenvalue weighted by atomic mass is 16.2. The molecular weight excluding hydrogens is 240 g/mol. The third-order valence-corrected chi connectivity index (χ3v) is 4.17. The van der Waals surface area contributed by atoms with Gasteiger partial charge in [-0.1, -0.05) is 13.3 Å². The summed E-state index contributed by atoms with van der Waals surface area (Å²) in [6.45, 7) is 3.49. The molecule has 0 aromatic carbocycles. The number of rotatable bonds is 5. The highest BCUT2D eigenvalue weighted by molar-refractivity contribution is 5.92. The van der Waals surface area contributed by atoms with Gasteiger partial charge in [0, 0.05) is 13.6 Å². The summed E-state index contributed by atoms with van der Waals surface area (Å²) in [6, 6.07) is 1.87. The van der Waals surface area contributed by atoms with Crippen molar-refractivity contribution in [2.24, 2.45) is 24.6 Å². The molecule has 2 atom stereocenters. The number of hydrogen-bond donors (Lipinski definition) is 2. The van der Waals surface area contributed by atoms with Crippen molar-refractivity contribution in [3.8, 4) is 0 Å². The van der Waals surface area contributed by atoms with Gasteiger partial charge in [0.25, 0.3) is 5.91 Å². The molecule has 0 bridgehead atoms. The topological polar surface area (TPSA) is 72.9 Å². The molecule has 0 spiro atoms. The van der Waals surface area contributed by atoms with E-state index >= 15 is 0 Å². The molecule has 0 radical (unpaired) electrons. The Morgan fingerprint density at radius 3 is 2.89 bits per heavy atom. The molecule has 1 aliphatic carbocycles. The minimum atomic E-state index is -0.0302. The van der Waals surface area contributed by atoms with Crippen LogP contribution >= 0.6 is 0 Å². The molecule has 1 fully saturated rings. The Balaban J connectivity index is 1.92. The second-order valence-corrected chi connectivity index (χ2v) is 5.39. The van der Waals surface area contributed by atoms with Crippen molar-refractivity contribution in [3.63, 3.8) is 0 Å². The van der Waals surface area contributed by atoms with Gasteiger partial charge in [-0.05, 0) is 43.7 Å². The van der Waals surface area contributed by atoms with Crippen molar-refractivity contribution in [2.45, 2.75) is 32.6 Å². The molecule has 19 heavy (non-hydrogen) atoms. The van der Waals surface area contributed by atoms with Gasteiger partial charge >= 0.3 is 0 Å². The van der Waals surface area contributed by atoms with E-state index in [4.69, 9.17) is 5.73 Å². The second kappa shape index (κ2) is 6.19. The molecule has 5 nitrogen and oxygen atoms in total. The number of nitrogens with two attached hydrogens (primary N) is 1. The lowest BCUT2D eigenvalue weighted by Crippen LogP contribution is -2.33. The van der Waals surface area contributed by atoms with Gasteiger partial charge in [-0.3, -0.25) is 9.48 Å². The Morgan fingerprint density at radius 1 is 1.53 bits per heavy atom. The van der Waals surface area contributed by atoms with Gasteiger partial charge in [0.2, 0.25) is 0 Å². The first-order valence-corrected chi connectivity index (χ1v) is 7.16. The fraction of sp³-hybridized carbons (Fsp3) is 0.714. The van der Waals surface area contributed by atoms with Crippen LogP contribution in [0.1, 0.15) is 42.4 Å². The van der Waals surface area contributed by atoms with E-state index in [9.17, 15) is 4.79 Å². The highest BCUT2D eigenvalue weighted by Gasteiger charge is 2.26. The lowest BCUT2D eigenvalue weighted by Gasteiger charge is -2.18. The van der Waals surface area contributed by atoms with Crippen LogP contribution in [-0.2, 0) is 13.5 Å². The van der Waals surface area contributed by atoms with E-state index in [0.717, 1.165) is 25.2 Å². The van der Waals surface area contributed by atoms with E-state index < -0.39 is 0 Å². The van der Waals surface area contributed by atoms with E-state index in [0.29, 0.717) is 17.5 Å². The SMILES string of the molecule is CCc1cc(C(=O)NCC2CCCC2CN)n(C)n1. The summed E-state index contributed by atoms with van der Waals surface area (Å²) < 4.78 is 1.66. The normalized spacial score (nSPS) is 22.7. The highest BCUT2D eigenvalue weighted by Crippen LogP contribution is 2.30. The predicted molar refractivity (Wildman–Crippen MR) is 74.8 cm³/mol. The Hall–Kier alpha value is -1.36.